The molecule has 2 aliphatic rings. The summed E-state index contributed by atoms with van der Waals surface area (Å²) in [4.78, 5) is 14.8. The molecule has 17 heavy (non-hydrogen) atoms. The molecule has 0 spiro atoms. The zero-order valence-corrected chi connectivity index (χ0v) is 10.8. The van der Waals surface area contributed by atoms with Crippen molar-refractivity contribution < 1.29 is 4.79 Å². The molecule has 3 rings (SSSR count). The summed E-state index contributed by atoms with van der Waals surface area (Å²) in [6.45, 7) is 5.27. The van der Waals surface area contributed by atoms with Gasteiger partial charge in [-0.25, -0.2) is 0 Å². The molecule has 0 amide bonds. The maximum absolute atomic E-state index is 12.6. The van der Waals surface area contributed by atoms with Gasteiger partial charge in [-0.3, -0.25) is 9.69 Å². The van der Waals surface area contributed by atoms with Crippen LogP contribution in [-0.2, 0) is 16.6 Å². The molecule has 2 bridgehead atoms. The van der Waals surface area contributed by atoms with E-state index in [0.717, 1.165) is 19.4 Å². The lowest BCUT2D eigenvalue weighted by Gasteiger charge is -2.47. The molecular formula is C15H19NO. The number of Topliss-reactive ketones (excluding diaryl/α,β-unsaturated/α-hetero) is 1. The molecule has 2 nitrogen and oxygen atoms in total. The highest BCUT2D eigenvalue weighted by Crippen LogP contribution is 2.42. The summed E-state index contributed by atoms with van der Waals surface area (Å²) < 4.78 is 0. The largest absolute Gasteiger partial charge is 0.297 e. The third-order valence-corrected chi connectivity index (χ3v) is 4.62. The van der Waals surface area contributed by atoms with Crippen molar-refractivity contribution >= 4 is 5.78 Å². The minimum atomic E-state index is -0.239. The van der Waals surface area contributed by atoms with Crippen molar-refractivity contribution in [2.45, 2.75) is 38.1 Å². The number of ketones is 1. The van der Waals surface area contributed by atoms with Gasteiger partial charge >= 0.3 is 0 Å². The monoisotopic (exact) mass is 229 g/mol. The lowest BCUT2D eigenvalue weighted by molar-refractivity contribution is -0.133. The average Bonchev–Trinajstić information content (AvgIpc) is 2.30. The van der Waals surface area contributed by atoms with Crippen LogP contribution in [0.15, 0.2) is 18.2 Å². The fraction of sp³-hybridized carbons (Fsp3) is 0.533. The highest BCUT2D eigenvalue weighted by molar-refractivity contribution is 5.97. The van der Waals surface area contributed by atoms with Crippen LogP contribution in [0.3, 0.4) is 0 Å². The van der Waals surface area contributed by atoms with E-state index in [2.05, 4.69) is 44.0 Å². The predicted molar refractivity (Wildman–Crippen MR) is 68.3 cm³/mol. The molecule has 90 valence electrons. The first kappa shape index (κ1) is 11.0. The van der Waals surface area contributed by atoms with Crippen molar-refractivity contribution in [2.24, 2.45) is 0 Å². The summed E-state index contributed by atoms with van der Waals surface area (Å²) in [5, 5.41) is 0. The van der Waals surface area contributed by atoms with E-state index in [1.165, 1.54) is 16.7 Å². The summed E-state index contributed by atoms with van der Waals surface area (Å²) in [6.07, 6.45) is 1.84. The maximum atomic E-state index is 12.6. The van der Waals surface area contributed by atoms with Crippen molar-refractivity contribution in [2.75, 3.05) is 13.6 Å². The van der Waals surface area contributed by atoms with E-state index in [1.54, 1.807) is 0 Å². The van der Waals surface area contributed by atoms with Crippen LogP contribution in [0.2, 0.25) is 0 Å². The molecule has 0 aromatic heterocycles. The van der Waals surface area contributed by atoms with Gasteiger partial charge < -0.3 is 0 Å². The van der Waals surface area contributed by atoms with Crippen LogP contribution in [0.5, 0.6) is 0 Å². The van der Waals surface area contributed by atoms with Gasteiger partial charge in [0.05, 0.1) is 11.5 Å². The summed E-state index contributed by atoms with van der Waals surface area (Å²) in [6, 6.07) is 6.69. The van der Waals surface area contributed by atoms with Crippen molar-refractivity contribution in [1.29, 1.82) is 0 Å². The van der Waals surface area contributed by atoms with Gasteiger partial charge in [0.2, 0.25) is 0 Å². The second-order valence-corrected chi connectivity index (χ2v) is 5.81. The number of benzene rings is 1. The lowest BCUT2D eigenvalue weighted by Crippen LogP contribution is -2.58. The zero-order valence-electron chi connectivity index (χ0n) is 10.8. The Bertz CT molecular complexity index is 494. The number of fused-ring (bicyclic) bond motifs is 4. The summed E-state index contributed by atoms with van der Waals surface area (Å²) in [5.74, 6) is 0.421. The number of piperidine rings is 1. The van der Waals surface area contributed by atoms with E-state index in [1.807, 2.05) is 0 Å². The van der Waals surface area contributed by atoms with Crippen molar-refractivity contribution in [3.8, 4) is 0 Å². The van der Waals surface area contributed by atoms with Crippen LogP contribution in [0.1, 0.15) is 30.0 Å². The molecule has 0 N–H and O–H groups in total. The Hall–Kier alpha value is -1.15. The Morgan fingerprint density at radius 1 is 1.41 bits per heavy atom. The van der Waals surface area contributed by atoms with Gasteiger partial charge in [0, 0.05) is 0 Å². The second kappa shape index (κ2) is 3.42. The first-order valence-corrected chi connectivity index (χ1v) is 6.37. The highest BCUT2D eigenvalue weighted by Gasteiger charge is 2.48. The Morgan fingerprint density at radius 2 is 2.18 bits per heavy atom. The molecule has 0 saturated carbocycles. The van der Waals surface area contributed by atoms with E-state index >= 15 is 0 Å². The quantitative estimate of drug-likeness (QED) is 0.679. The second-order valence-electron chi connectivity index (χ2n) is 5.81. The normalized spacial score (nSPS) is 32.4. The molecule has 1 aromatic rings. The first-order valence-electron chi connectivity index (χ1n) is 6.37. The Kier molecular flexibility index (Phi) is 2.21. The van der Waals surface area contributed by atoms with Gasteiger partial charge in [0.1, 0.15) is 0 Å². The number of carbonyl (C=O) groups excluding carboxylic acids is 1. The molecule has 1 aliphatic heterocycles. The van der Waals surface area contributed by atoms with Crippen molar-refractivity contribution in [3.05, 3.63) is 34.9 Å². The SMILES string of the molecule is Cc1ccc2c(c1)[C@]1(C)CCN(C)[C@@H](C2)C1=O. The summed E-state index contributed by atoms with van der Waals surface area (Å²) >= 11 is 0. The highest BCUT2D eigenvalue weighted by atomic mass is 16.1. The third kappa shape index (κ3) is 1.40. The topological polar surface area (TPSA) is 20.3 Å². The fourth-order valence-electron chi connectivity index (χ4n) is 3.35. The number of hydrogen-bond donors (Lipinski definition) is 0. The minimum Gasteiger partial charge on any atom is -0.297 e. The van der Waals surface area contributed by atoms with Gasteiger partial charge in [0.15, 0.2) is 5.78 Å². The molecule has 2 atom stereocenters. The molecule has 1 heterocycles. The van der Waals surface area contributed by atoms with Gasteiger partial charge in [-0.1, -0.05) is 23.8 Å². The van der Waals surface area contributed by atoms with E-state index in [4.69, 9.17) is 0 Å². The van der Waals surface area contributed by atoms with E-state index in [-0.39, 0.29) is 11.5 Å². The van der Waals surface area contributed by atoms with Crippen LogP contribution < -0.4 is 0 Å². The Labute approximate surface area is 103 Å². The van der Waals surface area contributed by atoms with Gasteiger partial charge in [-0.05, 0) is 51.4 Å². The number of likely N-dealkylation sites (N-methyl/N-ethyl adjacent to an activating group) is 1. The van der Waals surface area contributed by atoms with E-state index < -0.39 is 0 Å². The van der Waals surface area contributed by atoms with Crippen LogP contribution in [0.4, 0.5) is 0 Å². The summed E-state index contributed by atoms with van der Waals surface area (Å²) in [5.41, 5.74) is 3.67. The lowest BCUT2D eigenvalue weighted by atomic mass is 9.64. The molecule has 1 saturated heterocycles. The van der Waals surface area contributed by atoms with Crippen LogP contribution in [0.25, 0.3) is 0 Å². The molecule has 1 aliphatic carbocycles. The number of carbonyl (C=O) groups is 1. The number of rotatable bonds is 0. The predicted octanol–water partition coefficient (Wildman–Crippen LogP) is 2.08. The smallest absolute Gasteiger partial charge is 0.160 e. The first-order chi connectivity index (χ1) is 8.02. The Morgan fingerprint density at radius 3 is 2.94 bits per heavy atom. The van der Waals surface area contributed by atoms with Crippen molar-refractivity contribution in [3.63, 3.8) is 0 Å². The minimum absolute atomic E-state index is 0.101. The number of nitrogens with zero attached hydrogens (tertiary/aromatic N) is 1. The van der Waals surface area contributed by atoms with Crippen molar-refractivity contribution in [1.82, 2.24) is 4.90 Å². The zero-order chi connectivity index (χ0) is 12.2. The van der Waals surface area contributed by atoms with Crippen LogP contribution >= 0.6 is 0 Å². The maximum Gasteiger partial charge on any atom is 0.160 e. The summed E-state index contributed by atoms with van der Waals surface area (Å²) in [7, 11) is 2.07. The molecular weight excluding hydrogens is 210 g/mol. The van der Waals surface area contributed by atoms with E-state index in [9.17, 15) is 4.79 Å². The fourth-order valence-corrected chi connectivity index (χ4v) is 3.35. The van der Waals surface area contributed by atoms with Crippen LogP contribution in [-0.4, -0.2) is 30.3 Å². The number of aryl methyl sites for hydroxylation is 1. The molecule has 1 aromatic carbocycles. The van der Waals surface area contributed by atoms with Gasteiger partial charge in [0.25, 0.3) is 0 Å². The standard InChI is InChI=1S/C15H19NO/c1-10-4-5-11-9-13-14(17)15(2,12(11)8-10)6-7-16(13)3/h4-5,8,13H,6-7,9H2,1-3H3/t13-,15-/m0/s1. The number of hydrogen-bond acceptors (Lipinski definition) is 2. The van der Waals surface area contributed by atoms with Gasteiger partial charge in [-0.2, -0.15) is 0 Å². The number of likely N-dealkylation sites (tertiary alicyclic amines) is 1. The molecule has 2 heteroatoms. The average molecular weight is 229 g/mol. The third-order valence-electron chi connectivity index (χ3n) is 4.62. The van der Waals surface area contributed by atoms with E-state index in [0.29, 0.717) is 5.78 Å². The van der Waals surface area contributed by atoms with Crippen LogP contribution in [0, 0.1) is 6.92 Å². The molecule has 0 radical (unpaired) electrons. The van der Waals surface area contributed by atoms with Gasteiger partial charge in [-0.15, -0.1) is 0 Å². The molecule has 1 fully saturated rings. The molecule has 0 unspecified atom stereocenters. The Balaban J connectivity index is 2.20.